The van der Waals surface area contributed by atoms with E-state index in [-0.39, 0.29) is 5.91 Å². The zero-order chi connectivity index (χ0) is 15.6. The molecule has 4 rings (SSSR count). The molecule has 1 fully saturated rings. The van der Waals surface area contributed by atoms with Crippen LogP contribution in [0.3, 0.4) is 0 Å². The minimum atomic E-state index is 0.196. The monoisotopic (exact) mass is 323 g/mol. The Morgan fingerprint density at radius 2 is 2.13 bits per heavy atom. The number of hydrogen-bond acceptors (Lipinski definition) is 2. The maximum atomic E-state index is 12.1. The molecule has 2 aromatic rings. The van der Waals surface area contributed by atoms with E-state index in [2.05, 4.69) is 47.8 Å². The van der Waals surface area contributed by atoms with Crippen molar-refractivity contribution >= 4 is 34.5 Å². The largest absolute Gasteiger partial charge is 0.353 e. The van der Waals surface area contributed by atoms with Gasteiger partial charge in [-0.2, -0.15) is 0 Å². The predicted octanol–water partition coefficient (Wildman–Crippen LogP) is 4.56. The third kappa shape index (κ3) is 3.02. The van der Waals surface area contributed by atoms with Crippen molar-refractivity contribution in [2.45, 2.75) is 43.0 Å². The predicted molar refractivity (Wildman–Crippen MR) is 97.8 cm³/mol. The van der Waals surface area contributed by atoms with Gasteiger partial charge in [0, 0.05) is 23.1 Å². The second-order valence-corrected chi connectivity index (χ2v) is 7.46. The van der Waals surface area contributed by atoms with E-state index in [4.69, 9.17) is 0 Å². The minimum Gasteiger partial charge on any atom is -0.353 e. The highest BCUT2D eigenvalue weighted by Gasteiger charge is 2.19. The summed E-state index contributed by atoms with van der Waals surface area (Å²) in [5.41, 5.74) is 2.61. The van der Waals surface area contributed by atoms with E-state index in [1.165, 1.54) is 33.2 Å². The Kier molecular flexibility index (Phi) is 4.13. The molecule has 0 atom stereocenters. The molecule has 1 heterocycles. The van der Waals surface area contributed by atoms with Crippen molar-refractivity contribution in [1.82, 2.24) is 5.32 Å². The molecule has 1 amide bonds. The van der Waals surface area contributed by atoms with Crippen molar-refractivity contribution in [2.24, 2.45) is 0 Å². The zero-order valence-electron chi connectivity index (χ0n) is 13.2. The number of aryl methyl sites for hydroxylation is 1. The lowest BCUT2D eigenvalue weighted by molar-refractivity contribution is -0.122. The summed E-state index contributed by atoms with van der Waals surface area (Å²) >= 11 is 1.89. The van der Waals surface area contributed by atoms with Crippen LogP contribution in [-0.4, -0.2) is 17.7 Å². The number of rotatable bonds is 4. The minimum absolute atomic E-state index is 0.196. The Hall–Kier alpha value is -1.74. The first kappa shape index (κ1) is 14.8. The van der Waals surface area contributed by atoms with Gasteiger partial charge in [0.15, 0.2) is 0 Å². The zero-order valence-corrected chi connectivity index (χ0v) is 14.0. The van der Waals surface area contributed by atoms with Crippen molar-refractivity contribution < 1.29 is 4.79 Å². The maximum absolute atomic E-state index is 12.1. The van der Waals surface area contributed by atoms with E-state index >= 15 is 0 Å². The summed E-state index contributed by atoms with van der Waals surface area (Å²) in [6.07, 6.45) is 9.41. The molecule has 23 heavy (non-hydrogen) atoms. The smallest absolute Gasteiger partial charge is 0.220 e. The van der Waals surface area contributed by atoms with Crippen LogP contribution in [0, 0.1) is 0 Å². The highest BCUT2D eigenvalue weighted by Crippen LogP contribution is 2.36. The lowest BCUT2D eigenvalue weighted by atomic mass is 9.92. The first-order valence-corrected chi connectivity index (χ1v) is 9.43. The van der Waals surface area contributed by atoms with Gasteiger partial charge < -0.3 is 5.32 Å². The van der Waals surface area contributed by atoms with Gasteiger partial charge in [-0.1, -0.05) is 36.4 Å². The van der Waals surface area contributed by atoms with Crippen LogP contribution in [-0.2, 0) is 11.2 Å². The summed E-state index contributed by atoms with van der Waals surface area (Å²) in [5.74, 6) is 1.24. The molecule has 1 saturated carbocycles. The van der Waals surface area contributed by atoms with Gasteiger partial charge >= 0.3 is 0 Å². The Morgan fingerprint density at radius 3 is 2.96 bits per heavy atom. The van der Waals surface area contributed by atoms with Crippen molar-refractivity contribution in [2.75, 3.05) is 5.75 Å². The molecule has 1 aliphatic heterocycles. The van der Waals surface area contributed by atoms with Crippen molar-refractivity contribution in [3.8, 4) is 0 Å². The summed E-state index contributed by atoms with van der Waals surface area (Å²) in [6.45, 7) is 0. The third-order valence-electron chi connectivity index (χ3n) is 4.84. The Morgan fingerprint density at radius 1 is 1.22 bits per heavy atom. The van der Waals surface area contributed by atoms with Gasteiger partial charge in [0.1, 0.15) is 0 Å². The molecule has 0 radical (unpaired) electrons. The molecule has 0 aromatic heterocycles. The van der Waals surface area contributed by atoms with E-state index < -0.39 is 0 Å². The van der Waals surface area contributed by atoms with Crippen LogP contribution in [0.2, 0.25) is 0 Å². The lowest BCUT2D eigenvalue weighted by Crippen LogP contribution is -2.39. The summed E-state index contributed by atoms with van der Waals surface area (Å²) in [4.78, 5) is 13.5. The van der Waals surface area contributed by atoms with Crippen LogP contribution in [0.1, 0.15) is 36.8 Å². The molecule has 118 valence electrons. The quantitative estimate of drug-likeness (QED) is 0.893. The fourth-order valence-corrected chi connectivity index (χ4v) is 4.23. The van der Waals surface area contributed by atoms with Crippen LogP contribution >= 0.6 is 11.8 Å². The number of carbonyl (C=O) groups is 1. The second kappa shape index (κ2) is 6.40. The number of thioether (sulfide) groups is 1. The van der Waals surface area contributed by atoms with Crippen LogP contribution in [0.4, 0.5) is 0 Å². The number of carbonyl (C=O) groups excluding carboxylic acids is 1. The summed E-state index contributed by atoms with van der Waals surface area (Å²) in [6, 6.07) is 11.3. The average molecular weight is 323 g/mol. The van der Waals surface area contributed by atoms with E-state index in [0.29, 0.717) is 12.5 Å². The highest BCUT2D eigenvalue weighted by atomic mass is 32.2. The molecule has 3 heteroatoms. The first-order chi connectivity index (χ1) is 11.3. The molecule has 0 saturated heterocycles. The number of hydrogen-bond donors (Lipinski definition) is 1. The molecule has 1 aliphatic carbocycles. The van der Waals surface area contributed by atoms with Crippen LogP contribution in [0.15, 0.2) is 41.3 Å². The maximum Gasteiger partial charge on any atom is 0.220 e. The van der Waals surface area contributed by atoms with Crippen molar-refractivity contribution in [3.05, 3.63) is 47.5 Å². The molecule has 2 aromatic carbocycles. The van der Waals surface area contributed by atoms with Crippen LogP contribution in [0.25, 0.3) is 16.8 Å². The number of fused-ring (bicyclic) bond motifs is 3. The molecule has 0 bridgehead atoms. The van der Waals surface area contributed by atoms with Gasteiger partial charge in [0.2, 0.25) is 5.91 Å². The van der Waals surface area contributed by atoms with Crippen molar-refractivity contribution in [3.63, 3.8) is 0 Å². The normalized spacial score (nSPS) is 16.9. The number of nitrogens with one attached hydrogen (secondary N) is 1. The van der Waals surface area contributed by atoms with E-state index in [1.807, 2.05) is 11.8 Å². The van der Waals surface area contributed by atoms with Gasteiger partial charge in [-0.3, -0.25) is 4.79 Å². The van der Waals surface area contributed by atoms with Crippen LogP contribution in [0.5, 0.6) is 0 Å². The van der Waals surface area contributed by atoms with E-state index in [9.17, 15) is 4.79 Å². The highest BCUT2D eigenvalue weighted by molar-refractivity contribution is 7.99. The third-order valence-corrected chi connectivity index (χ3v) is 5.87. The molecule has 0 spiro atoms. The molecule has 2 nitrogen and oxygen atoms in total. The summed E-state index contributed by atoms with van der Waals surface area (Å²) in [7, 11) is 0. The van der Waals surface area contributed by atoms with E-state index in [1.54, 1.807) is 0 Å². The topological polar surface area (TPSA) is 29.1 Å². The lowest BCUT2D eigenvalue weighted by Gasteiger charge is -2.26. The van der Waals surface area contributed by atoms with Crippen molar-refractivity contribution in [1.29, 1.82) is 0 Å². The first-order valence-electron chi connectivity index (χ1n) is 8.44. The van der Waals surface area contributed by atoms with Gasteiger partial charge in [-0.25, -0.2) is 0 Å². The number of benzene rings is 2. The Bertz CT molecular complexity index is 777. The van der Waals surface area contributed by atoms with Gasteiger partial charge in [0.05, 0.1) is 0 Å². The molecule has 2 aliphatic rings. The second-order valence-electron chi connectivity index (χ2n) is 6.40. The van der Waals surface area contributed by atoms with Gasteiger partial charge in [-0.05, 0) is 53.6 Å². The van der Waals surface area contributed by atoms with Gasteiger partial charge in [-0.15, -0.1) is 11.8 Å². The summed E-state index contributed by atoms with van der Waals surface area (Å²) < 4.78 is 0. The Labute approximate surface area is 141 Å². The standard InChI is InChI=1S/C20H21NOS/c22-19(21-16-6-2-7-16)12-10-15-5-1-4-14-9-11-18-17(20(14)15)8-3-13-23-18/h1,3-5,8-9,11,16H,2,6-7,10,12-13H2,(H,21,22). The summed E-state index contributed by atoms with van der Waals surface area (Å²) in [5, 5.41) is 5.74. The van der Waals surface area contributed by atoms with E-state index in [0.717, 1.165) is 25.0 Å². The molecule has 1 N–H and O–H groups in total. The van der Waals surface area contributed by atoms with Crippen LogP contribution < -0.4 is 5.32 Å². The average Bonchev–Trinajstić information content (AvgIpc) is 2.56. The molecular weight excluding hydrogens is 302 g/mol. The fraction of sp³-hybridized carbons (Fsp3) is 0.350. The molecular formula is C20H21NOS. The number of amides is 1. The SMILES string of the molecule is O=C(CCc1cccc2ccc3c(c12)C=CCS3)NC1CCC1. The Balaban J connectivity index is 1.59. The molecule has 0 unspecified atom stereocenters. The van der Waals surface area contributed by atoms with Gasteiger partial charge in [0.25, 0.3) is 0 Å². The fourth-order valence-electron chi connectivity index (χ4n) is 3.37.